The lowest BCUT2D eigenvalue weighted by molar-refractivity contribution is -0.124. The van der Waals surface area contributed by atoms with Gasteiger partial charge >= 0.3 is 5.97 Å². The minimum Gasteiger partial charge on any atom is -0.451 e. The van der Waals surface area contributed by atoms with Gasteiger partial charge in [-0.3, -0.25) is 4.79 Å². The van der Waals surface area contributed by atoms with Crippen molar-refractivity contribution in [2.75, 3.05) is 13.2 Å². The predicted molar refractivity (Wildman–Crippen MR) is 84.8 cm³/mol. The molecule has 0 bridgehead atoms. The lowest BCUT2D eigenvalue weighted by atomic mass is 10.2. The molecule has 23 heavy (non-hydrogen) atoms. The number of hydrogen-bond acceptors (Lipinski definition) is 5. The Morgan fingerprint density at radius 3 is 2.61 bits per heavy atom. The average Bonchev–Trinajstić information content (AvgIpc) is 2.93. The zero-order valence-electron chi connectivity index (χ0n) is 13.5. The van der Waals surface area contributed by atoms with Crippen LogP contribution in [0.25, 0.3) is 11.5 Å². The number of nitrogens with one attached hydrogen (secondary N) is 1. The predicted octanol–water partition coefficient (Wildman–Crippen LogP) is 2.58. The Bertz CT molecular complexity index is 677. The Balaban J connectivity index is 1.98. The number of oxazole rings is 1. The molecule has 0 saturated carbocycles. The molecule has 6 heteroatoms. The molecule has 122 valence electrons. The molecule has 2 rings (SSSR count). The van der Waals surface area contributed by atoms with Gasteiger partial charge in [0.15, 0.2) is 12.3 Å². The number of ether oxygens (including phenoxy) is 1. The Morgan fingerprint density at radius 1 is 1.26 bits per heavy atom. The number of aryl methyl sites for hydroxylation is 1. The third-order valence-corrected chi connectivity index (χ3v) is 3.05. The summed E-state index contributed by atoms with van der Waals surface area (Å²) in [5, 5.41) is 2.67. The summed E-state index contributed by atoms with van der Waals surface area (Å²) in [5.41, 5.74) is 0.852. The largest absolute Gasteiger partial charge is 0.451 e. The van der Waals surface area contributed by atoms with Crippen molar-refractivity contribution in [3.63, 3.8) is 0 Å². The van der Waals surface area contributed by atoms with Gasteiger partial charge in [-0.15, -0.1) is 0 Å². The van der Waals surface area contributed by atoms with E-state index >= 15 is 0 Å². The molecule has 2 aromatic rings. The van der Waals surface area contributed by atoms with Crippen molar-refractivity contribution in [1.29, 1.82) is 0 Å². The molecule has 0 saturated heterocycles. The van der Waals surface area contributed by atoms with Crippen LogP contribution in [-0.4, -0.2) is 30.0 Å². The van der Waals surface area contributed by atoms with Crippen LogP contribution in [0.2, 0.25) is 0 Å². The van der Waals surface area contributed by atoms with Crippen molar-refractivity contribution in [2.45, 2.75) is 20.8 Å². The molecule has 0 fully saturated rings. The molecule has 1 heterocycles. The number of carbonyl (C=O) groups is 2. The molecule has 6 nitrogen and oxygen atoms in total. The minimum atomic E-state index is -0.673. The van der Waals surface area contributed by atoms with Crippen LogP contribution in [0.4, 0.5) is 0 Å². The Hall–Kier alpha value is -2.63. The van der Waals surface area contributed by atoms with E-state index in [4.69, 9.17) is 9.15 Å². The smallest absolute Gasteiger partial charge is 0.361 e. The van der Waals surface area contributed by atoms with E-state index in [0.717, 1.165) is 5.56 Å². The fraction of sp³-hybridized carbons (Fsp3) is 0.353. The zero-order chi connectivity index (χ0) is 16.8. The average molecular weight is 316 g/mol. The second kappa shape index (κ2) is 7.58. The Labute approximate surface area is 134 Å². The van der Waals surface area contributed by atoms with Crippen LogP contribution in [-0.2, 0) is 9.53 Å². The number of amides is 1. The van der Waals surface area contributed by atoms with Crippen LogP contribution in [0.15, 0.2) is 34.7 Å². The highest BCUT2D eigenvalue weighted by molar-refractivity contribution is 5.90. The van der Waals surface area contributed by atoms with Crippen LogP contribution >= 0.6 is 0 Å². The summed E-state index contributed by atoms with van der Waals surface area (Å²) < 4.78 is 10.5. The molecule has 0 unspecified atom stereocenters. The van der Waals surface area contributed by atoms with E-state index in [0.29, 0.717) is 24.1 Å². The standard InChI is InChI=1S/C17H20N2O4/c1-11(2)9-18-14(20)10-22-17(21)15-12(3)23-16(19-15)13-7-5-4-6-8-13/h4-8,11H,9-10H2,1-3H3,(H,18,20). The van der Waals surface area contributed by atoms with Gasteiger partial charge in [-0.25, -0.2) is 9.78 Å². The summed E-state index contributed by atoms with van der Waals surface area (Å²) in [6.07, 6.45) is 0. The molecule has 1 aromatic heterocycles. The SMILES string of the molecule is Cc1oc(-c2ccccc2)nc1C(=O)OCC(=O)NCC(C)C. The third kappa shape index (κ3) is 4.67. The molecule has 1 amide bonds. The van der Waals surface area contributed by atoms with Crippen molar-refractivity contribution in [2.24, 2.45) is 5.92 Å². The van der Waals surface area contributed by atoms with Crippen molar-refractivity contribution in [1.82, 2.24) is 10.3 Å². The van der Waals surface area contributed by atoms with E-state index in [9.17, 15) is 9.59 Å². The number of esters is 1. The van der Waals surface area contributed by atoms with Gasteiger partial charge in [0.2, 0.25) is 5.89 Å². The molecular weight excluding hydrogens is 296 g/mol. The van der Waals surface area contributed by atoms with Gasteiger partial charge in [-0.1, -0.05) is 32.0 Å². The first-order chi connectivity index (χ1) is 11.0. The van der Waals surface area contributed by atoms with E-state index in [1.165, 1.54) is 0 Å². The van der Waals surface area contributed by atoms with Gasteiger partial charge in [0.05, 0.1) is 0 Å². The normalized spacial score (nSPS) is 10.6. The van der Waals surface area contributed by atoms with Crippen LogP contribution in [0.1, 0.15) is 30.1 Å². The third-order valence-electron chi connectivity index (χ3n) is 3.05. The van der Waals surface area contributed by atoms with Gasteiger partial charge in [0.25, 0.3) is 5.91 Å². The minimum absolute atomic E-state index is 0.0838. The summed E-state index contributed by atoms with van der Waals surface area (Å²) in [5.74, 6) is 0.0289. The monoisotopic (exact) mass is 316 g/mol. The van der Waals surface area contributed by atoms with Gasteiger partial charge in [0.1, 0.15) is 5.76 Å². The molecule has 0 aliphatic heterocycles. The first kappa shape index (κ1) is 16.7. The fourth-order valence-electron chi connectivity index (χ4n) is 1.86. The molecular formula is C17H20N2O4. The first-order valence-corrected chi connectivity index (χ1v) is 7.44. The number of aromatic nitrogens is 1. The van der Waals surface area contributed by atoms with Gasteiger partial charge < -0.3 is 14.5 Å². The van der Waals surface area contributed by atoms with Gasteiger partial charge in [-0.2, -0.15) is 0 Å². The van der Waals surface area contributed by atoms with Crippen molar-refractivity contribution >= 4 is 11.9 Å². The van der Waals surface area contributed by atoms with Crippen molar-refractivity contribution in [3.05, 3.63) is 41.8 Å². The summed E-state index contributed by atoms with van der Waals surface area (Å²) >= 11 is 0. The maximum atomic E-state index is 12.0. The van der Waals surface area contributed by atoms with Crippen LogP contribution in [0, 0.1) is 12.8 Å². The highest BCUT2D eigenvalue weighted by Gasteiger charge is 2.20. The van der Waals surface area contributed by atoms with Gasteiger partial charge in [-0.05, 0) is 25.0 Å². The van der Waals surface area contributed by atoms with Crippen LogP contribution in [0.5, 0.6) is 0 Å². The summed E-state index contributed by atoms with van der Waals surface area (Å²) in [6.45, 7) is 5.80. The van der Waals surface area contributed by atoms with Crippen LogP contribution in [0.3, 0.4) is 0 Å². The number of rotatable bonds is 6. The maximum Gasteiger partial charge on any atom is 0.361 e. The number of carbonyl (C=O) groups excluding carboxylic acids is 2. The molecule has 0 spiro atoms. The maximum absolute atomic E-state index is 12.0. The molecule has 1 aromatic carbocycles. The van der Waals surface area contributed by atoms with E-state index in [-0.39, 0.29) is 18.2 Å². The molecule has 0 radical (unpaired) electrons. The zero-order valence-corrected chi connectivity index (χ0v) is 13.5. The van der Waals surface area contributed by atoms with E-state index < -0.39 is 5.97 Å². The molecule has 0 aliphatic carbocycles. The van der Waals surface area contributed by atoms with E-state index in [1.54, 1.807) is 6.92 Å². The highest BCUT2D eigenvalue weighted by Crippen LogP contribution is 2.21. The molecule has 0 atom stereocenters. The Morgan fingerprint density at radius 2 is 1.96 bits per heavy atom. The molecule has 1 N–H and O–H groups in total. The Kier molecular flexibility index (Phi) is 5.51. The topological polar surface area (TPSA) is 81.4 Å². The number of nitrogens with zero attached hydrogens (tertiary/aromatic N) is 1. The highest BCUT2D eigenvalue weighted by atomic mass is 16.5. The second-order valence-corrected chi connectivity index (χ2v) is 5.56. The lowest BCUT2D eigenvalue weighted by Gasteiger charge is -2.07. The number of hydrogen-bond donors (Lipinski definition) is 1. The molecule has 0 aliphatic rings. The van der Waals surface area contributed by atoms with Gasteiger partial charge in [0, 0.05) is 12.1 Å². The van der Waals surface area contributed by atoms with Crippen molar-refractivity contribution < 1.29 is 18.7 Å². The van der Waals surface area contributed by atoms with Crippen LogP contribution < -0.4 is 5.32 Å². The second-order valence-electron chi connectivity index (χ2n) is 5.56. The van der Waals surface area contributed by atoms with E-state index in [2.05, 4.69) is 10.3 Å². The van der Waals surface area contributed by atoms with E-state index in [1.807, 2.05) is 44.2 Å². The quantitative estimate of drug-likeness (QED) is 0.828. The summed E-state index contributed by atoms with van der Waals surface area (Å²) in [6, 6.07) is 9.25. The first-order valence-electron chi connectivity index (χ1n) is 7.44. The fourth-order valence-corrected chi connectivity index (χ4v) is 1.86. The summed E-state index contributed by atoms with van der Waals surface area (Å²) in [4.78, 5) is 27.7. The summed E-state index contributed by atoms with van der Waals surface area (Å²) in [7, 11) is 0. The lowest BCUT2D eigenvalue weighted by Crippen LogP contribution is -2.31. The van der Waals surface area contributed by atoms with Crippen molar-refractivity contribution in [3.8, 4) is 11.5 Å². The number of benzene rings is 1.